The average molecular weight is 140 g/mol. The van der Waals surface area contributed by atoms with Gasteiger partial charge in [0.25, 0.3) is 0 Å². The van der Waals surface area contributed by atoms with Gasteiger partial charge in [-0.1, -0.05) is 13.8 Å². The van der Waals surface area contributed by atoms with Crippen LogP contribution in [0.25, 0.3) is 0 Å². The van der Waals surface area contributed by atoms with Crippen LogP contribution in [-0.2, 0) is 9.59 Å². The summed E-state index contributed by atoms with van der Waals surface area (Å²) in [7, 11) is 0. The Morgan fingerprint density at radius 2 is 2.00 bits per heavy atom. The van der Waals surface area contributed by atoms with E-state index in [0.717, 1.165) is 6.42 Å². The summed E-state index contributed by atoms with van der Waals surface area (Å²) in [6.07, 6.45) is 1.38. The highest BCUT2D eigenvalue weighted by molar-refractivity contribution is 6.40. The molecule has 10 heavy (non-hydrogen) atoms. The Balaban J connectivity index is 3.74. The number of hydrogen-bond acceptors (Lipinski definition) is 2. The lowest BCUT2D eigenvalue weighted by molar-refractivity contribution is -0.134. The highest BCUT2D eigenvalue weighted by Gasteiger charge is 2.12. The Kier molecular flexibility index (Phi) is 3.93. The van der Waals surface area contributed by atoms with Crippen LogP contribution in [0.5, 0.6) is 0 Å². The SMILES string of the molecule is [CH2][CH]C(=O)C(=O)CC(C)C. The van der Waals surface area contributed by atoms with Gasteiger partial charge in [-0.3, -0.25) is 9.59 Å². The van der Waals surface area contributed by atoms with Gasteiger partial charge in [0.2, 0.25) is 5.78 Å². The van der Waals surface area contributed by atoms with E-state index in [1.54, 1.807) is 0 Å². The first-order chi connectivity index (χ1) is 4.57. The number of rotatable bonds is 4. The summed E-state index contributed by atoms with van der Waals surface area (Å²) in [6, 6.07) is 0. The van der Waals surface area contributed by atoms with Gasteiger partial charge in [-0.15, -0.1) is 0 Å². The molecule has 2 nitrogen and oxygen atoms in total. The Morgan fingerprint density at radius 3 is 2.30 bits per heavy atom. The molecule has 0 aliphatic carbocycles. The molecule has 0 N–H and O–H groups in total. The van der Waals surface area contributed by atoms with Gasteiger partial charge in [0.05, 0.1) is 0 Å². The van der Waals surface area contributed by atoms with E-state index in [1.165, 1.54) is 0 Å². The van der Waals surface area contributed by atoms with Gasteiger partial charge in [-0.25, -0.2) is 0 Å². The van der Waals surface area contributed by atoms with E-state index in [-0.39, 0.29) is 11.7 Å². The van der Waals surface area contributed by atoms with E-state index in [0.29, 0.717) is 6.42 Å². The van der Waals surface area contributed by atoms with Crippen molar-refractivity contribution in [3.05, 3.63) is 13.3 Å². The fraction of sp³-hybridized carbons (Fsp3) is 0.500. The van der Waals surface area contributed by atoms with Crippen LogP contribution < -0.4 is 0 Å². The fourth-order valence-electron chi connectivity index (χ4n) is 0.585. The maximum atomic E-state index is 10.8. The van der Waals surface area contributed by atoms with E-state index >= 15 is 0 Å². The minimum absolute atomic E-state index is 0.247. The fourth-order valence-corrected chi connectivity index (χ4v) is 0.585. The average Bonchev–Trinajstić information content (AvgIpc) is 1.85. The third-order valence-electron chi connectivity index (χ3n) is 1.05. The summed E-state index contributed by atoms with van der Waals surface area (Å²) < 4.78 is 0. The van der Waals surface area contributed by atoms with E-state index in [1.807, 2.05) is 13.8 Å². The normalized spacial score (nSPS) is 10.0. The van der Waals surface area contributed by atoms with Crippen LogP contribution >= 0.6 is 0 Å². The van der Waals surface area contributed by atoms with E-state index in [2.05, 4.69) is 6.92 Å². The zero-order chi connectivity index (χ0) is 8.15. The van der Waals surface area contributed by atoms with Crippen molar-refractivity contribution in [2.45, 2.75) is 20.3 Å². The molecule has 56 valence electrons. The second-order valence-electron chi connectivity index (χ2n) is 2.59. The summed E-state index contributed by atoms with van der Waals surface area (Å²) in [5.74, 6) is -0.574. The lowest BCUT2D eigenvalue weighted by Crippen LogP contribution is -2.14. The zero-order valence-corrected chi connectivity index (χ0v) is 6.39. The molecule has 0 unspecified atom stereocenters. The minimum Gasteiger partial charge on any atom is -0.291 e. The minimum atomic E-state index is -0.478. The van der Waals surface area contributed by atoms with Gasteiger partial charge < -0.3 is 0 Å². The largest absolute Gasteiger partial charge is 0.291 e. The number of ketones is 2. The maximum absolute atomic E-state index is 10.8. The first-order valence-electron chi connectivity index (χ1n) is 3.27. The lowest BCUT2D eigenvalue weighted by Gasteiger charge is -1.99. The van der Waals surface area contributed by atoms with Crippen molar-refractivity contribution in [3.63, 3.8) is 0 Å². The predicted octanol–water partition coefficient (Wildman–Crippen LogP) is 1.21. The molecular formula is C8H12O2. The molecule has 0 amide bonds. The second kappa shape index (κ2) is 4.20. The number of Topliss-reactive ketones (excluding diaryl/α,β-unsaturated/α-hetero) is 2. The number of hydrogen-bond donors (Lipinski definition) is 0. The van der Waals surface area contributed by atoms with E-state index < -0.39 is 5.78 Å². The van der Waals surface area contributed by atoms with Gasteiger partial charge in [0.15, 0.2) is 5.78 Å². The van der Waals surface area contributed by atoms with Crippen molar-refractivity contribution in [2.24, 2.45) is 5.92 Å². The molecular weight excluding hydrogens is 128 g/mol. The lowest BCUT2D eigenvalue weighted by atomic mass is 10.0. The van der Waals surface area contributed by atoms with Crippen LogP contribution in [0, 0.1) is 19.3 Å². The van der Waals surface area contributed by atoms with Crippen LogP contribution in [0.3, 0.4) is 0 Å². The third kappa shape index (κ3) is 3.38. The quantitative estimate of drug-likeness (QED) is 0.550. The van der Waals surface area contributed by atoms with Crippen LogP contribution in [0.1, 0.15) is 20.3 Å². The van der Waals surface area contributed by atoms with Crippen LogP contribution in [0.2, 0.25) is 0 Å². The Hall–Kier alpha value is -0.660. The summed E-state index contributed by atoms with van der Waals surface area (Å²) in [5, 5.41) is 0. The molecule has 0 aromatic carbocycles. The molecule has 0 aromatic heterocycles. The molecule has 0 atom stereocenters. The molecule has 0 aromatic rings. The Bertz CT molecular complexity index is 136. The first kappa shape index (κ1) is 9.34. The number of carbonyl (C=O) groups is 2. The highest BCUT2D eigenvalue weighted by atomic mass is 16.2. The standard InChI is InChI=1S/C8H12O2/c1-4-7(9)8(10)5-6(2)3/h4,6H,1,5H2,2-3H3. The van der Waals surface area contributed by atoms with Crippen molar-refractivity contribution in [3.8, 4) is 0 Å². The van der Waals surface area contributed by atoms with Crippen molar-refractivity contribution in [1.29, 1.82) is 0 Å². The maximum Gasteiger partial charge on any atom is 0.202 e. The van der Waals surface area contributed by atoms with Crippen LogP contribution in [0.15, 0.2) is 0 Å². The van der Waals surface area contributed by atoms with Gasteiger partial charge in [0.1, 0.15) is 0 Å². The smallest absolute Gasteiger partial charge is 0.202 e. The molecule has 0 aliphatic heterocycles. The molecule has 0 spiro atoms. The van der Waals surface area contributed by atoms with Crippen LogP contribution in [0.4, 0.5) is 0 Å². The molecule has 0 rings (SSSR count). The van der Waals surface area contributed by atoms with Crippen LogP contribution in [-0.4, -0.2) is 11.6 Å². The molecule has 0 heterocycles. The molecule has 0 fully saturated rings. The molecule has 0 saturated heterocycles. The summed E-state index contributed by atoms with van der Waals surface area (Å²) >= 11 is 0. The Labute approximate surface area is 61.6 Å². The van der Waals surface area contributed by atoms with Crippen molar-refractivity contribution in [1.82, 2.24) is 0 Å². The van der Waals surface area contributed by atoms with Gasteiger partial charge in [-0.2, -0.15) is 0 Å². The van der Waals surface area contributed by atoms with Gasteiger partial charge in [-0.05, 0) is 12.8 Å². The summed E-state index contributed by atoms with van der Waals surface area (Å²) in [6.45, 7) is 7.01. The predicted molar refractivity (Wildman–Crippen MR) is 39.1 cm³/mol. The zero-order valence-electron chi connectivity index (χ0n) is 6.39. The number of carbonyl (C=O) groups excluding carboxylic acids is 2. The second-order valence-corrected chi connectivity index (χ2v) is 2.59. The van der Waals surface area contributed by atoms with Gasteiger partial charge >= 0.3 is 0 Å². The molecule has 0 bridgehead atoms. The topological polar surface area (TPSA) is 34.1 Å². The highest BCUT2D eigenvalue weighted by Crippen LogP contribution is 2.01. The summed E-state index contributed by atoms with van der Waals surface area (Å²) in [5.41, 5.74) is 0. The molecule has 0 aliphatic rings. The van der Waals surface area contributed by atoms with E-state index in [9.17, 15) is 9.59 Å². The molecule has 0 saturated carbocycles. The monoisotopic (exact) mass is 140 g/mol. The van der Waals surface area contributed by atoms with Crippen molar-refractivity contribution in [2.75, 3.05) is 0 Å². The summed E-state index contributed by atoms with van der Waals surface area (Å²) in [4.78, 5) is 21.3. The molecule has 2 heteroatoms. The molecule has 2 radical (unpaired) electrons. The van der Waals surface area contributed by atoms with E-state index in [4.69, 9.17) is 0 Å². The first-order valence-corrected chi connectivity index (χ1v) is 3.27. The third-order valence-corrected chi connectivity index (χ3v) is 1.05. The Morgan fingerprint density at radius 1 is 1.50 bits per heavy atom. The van der Waals surface area contributed by atoms with Gasteiger partial charge in [0, 0.05) is 12.8 Å². The van der Waals surface area contributed by atoms with Crippen molar-refractivity contribution < 1.29 is 9.59 Å². The van der Waals surface area contributed by atoms with Crippen molar-refractivity contribution >= 4 is 11.6 Å².